The van der Waals surface area contributed by atoms with Gasteiger partial charge in [0, 0.05) is 55.6 Å². The van der Waals surface area contributed by atoms with E-state index in [-0.39, 0.29) is 11.9 Å². The average Bonchev–Trinajstić information content (AvgIpc) is 3.33. The summed E-state index contributed by atoms with van der Waals surface area (Å²) in [5.74, 6) is 2.98. The summed E-state index contributed by atoms with van der Waals surface area (Å²) in [5, 5.41) is 6.54. The van der Waals surface area contributed by atoms with Crippen molar-refractivity contribution in [3.8, 4) is 0 Å². The molecule has 3 fully saturated rings. The molecule has 2 N–H and O–H groups in total. The van der Waals surface area contributed by atoms with Crippen molar-refractivity contribution in [1.29, 1.82) is 0 Å². The summed E-state index contributed by atoms with van der Waals surface area (Å²) in [5.41, 5.74) is 0. The van der Waals surface area contributed by atoms with E-state index in [1.54, 1.807) is 0 Å². The number of likely N-dealkylation sites (tertiary alicyclic amines) is 1. The molecule has 2 amide bonds. The lowest BCUT2D eigenvalue weighted by molar-refractivity contribution is -0.133. The van der Waals surface area contributed by atoms with Crippen LogP contribution in [0.1, 0.15) is 32.1 Å². The molecule has 1 saturated carbocycles. The molecule has 2 aliphatic heterocycles. The Balaban J connectivity index is 1.36. The molecular weight excluding hydrogens is 286 g/mol. The minimum atomic E-state index is 0.155. The third-order valence-electron chi connectivity index (χ3n) is 4.53. The van der Waals surface area contributed by atoms with Gasteiger partial charge in [-0.1, -0.05) is 0 Å². The Kier molecular flexibility index (Phi) is 5.06. The topological polar surface area (TPSA) is 61.4 Å². The van der Waals surface area contributed by atoms with Gasteiger partial charge in [-0.15, -0.1) is 0 Å². The van der Waals surface area contributed by atoms with Crippen LogP contribution in [0.25, 0.3) is 0 Å². The van der Waals surface area contributed by atoms with Crippen molar-refractivity contribution in [3.05, 3.63) is 0 Å². The highest BCUT2D eigenvalue weighted by Gasteiger charge is 2.35. The Labute approximate surface area is 130 Å². The number of piperidine rings is 1. The average molecular weight is 311 g/mol. The van der Waals surface area contributed by atoms with Crippen LogP contribution < -0.4 is 10.6 Å². The van der Waals surface area contributed by atoms with Gasteiger partial charge in [0.25, 0.3) is 0 Å². The maximum Gasteiger partial charge on any atom is 0.225 e. The van der Waals surface area contributed by atoms with Crippen LogP contribution in [-0.4, -0.2) is 59.9 Å². The van der Waals surface area contributed by atoms with E-state index in [4.69, 9.17) is 0 Å². The van der Waals surface area contributed by atoms with E-state index in [2.05, 4.69) is 10.6 Å². The van der Waals surface area contributed by atoms with Crippen LogP contribution >= 0.6 is 11.8 Å². The lowest BCUT2D eigenvalue weighted by atomic mass is 10.0. The first-order valence-corrected chi connectivity index (χ1v) is 9.27. The van der Waals surface area contributed by atoms with Crippen LogP contribution in [0.15, 0.2) is 0 Å². The Morgan fingerprint density at radius 3 is 2.57 bits per heavy atom. The highest BCUT2D eigenvalue weighted by molar-refractivity contribution is 7.99. The second kappa shape index (κ2) is 7.01. The fraction of sp³-hybridized carbons (Fsp3) is 0.867. The summed E-state index contributed by atoms with van der Waals surface area (Å²) in [7, 11) is 0. The summed E-state index contributed by atoms with van der Waals surface area (Å²) in [4.78, 5) is 26.0. The molecule has 1 atom stereocenters. The van der Waals surface area contributed by atoms with Gasteiger partial charge in [0.05, 0.1) is 0 Å². The predicted molar refractivity (Wildman–Crippen MR) is 84.2 cm³/mol. The fourth-order valence-corrected chi connectivity index (χ4v) is 4.04. The van der Waals surface area contributed by atoms with Gasteiger partial charge >= 0.3 is 0 Å². The minimum Gasteiger partial charge on any atom is -0.353 e. The zero-order valence-electron chi connectivity index (χ0n) is 12.5. The van der Waals surface area contributed by atoms with Gasteiger partial charge in [-0.3, -0.25) is 9.59 Å². The molecule has 2 heterocycles. The van der Waals surface area contributed by atoms with Crippen LogP contribution in [0.4, 0.5) is 0 Å². The van der Waals surface area contributed by atoms with Crippen LogP contribution in [0.2, 0.25) is 0 Å². The lowest BCUT2D eigenvalue weighted by Crippen LogP contribution is -2.48. The molecule has 1 unspecified atom stereocenters. The molecule has 3 rings (SSSR count). The van der Waals surface area contributed by atoms with Gasteiger partial charge in [-0.05, 0) is 25.7 Å². The number of thioether (sulfide) groups is 1. The van der Waals surface area contributed by atoms with Crippen molar-refractivity contribution in [3.63, 3.8) is 0 Å². The van der Waals surface area contributed by atoms with Gasteiger partial charge in [-0.2, -0.15) is 11.8 Å². The minimum absolute atomic E-state index is 0.155. The van der Waals surface area contributed by atoms with Crippen molar-refractivity contribution in [2.45, 2.75) is 44.2 Å². The van der Waals surface area contributed by atoms with E-state index in [9.17, 15) is 9.59 Å². The van der Waals surface area contributed by atoms with Gasteiger partial charge < -0.3 is 15.5 Å². The summed E-state index contributed by atoms with van der Waals surface area (Å²) in [6, 6.07) is 0.567. The SMILES string of the molecule is O=C(CC1CSCCN1)NC1CCN(C(=O)C2CC2)CC1. The number of carbonyl (C=O) groups excluding carboxylic acids is 2. The van der Waals surface area contributed by atoms with Crippen molar-refractivity contribution in [2.24, 2.45) is 5.92 Å². The van der Waals surface area contributed by atoms with Crippen molar-refractivity contribution in [2.75, 3.05) is 31.1 Å². The lowest BCUT2D eigenvalue weighted by Gasteiger charge is -2.33. The summed E-state index contributed by atoms with van der Waals surface area (Å²) in [6.07, 6.45) is 4.52. The summed E-state index contributed by atoms with van der Waals surface area (Å²) in [6.45, 7) is 2.61. The molecule has 0 aromatic rings. The number of rotatable bonds is 4. The summed E-state index contributed by atoms with van der Waals surface area (Å²) < 4.78 is 0. The Morgan fingerprint density at radius 2 is 1.95 bits per heavy atom. The smallest absolute Gasteiger partial charge is 0.225 e. The number of hydrogen-bond donors (Lipinski definition) is 2. The van der Waals surface area contributed by atoms with E-state index in [1.807, 2.05) is 16.7 Å². The predicted octanol–water partition coefficient (Wildman–Crippen LogP) is 0.599. The molecule has 0 aromatic carbocycles. The van der Waals surface area contributed by atoms with Crippen molar-refractivity contribution < 1.29 is 9.59 Å². The Morgan fingerprint density at radius 1 is 1.19 bits per heavy atom. The van der Waals surface area contributed by atoms with Crippen molar-refractivity contribution in [1.82, 2.24) is 15.5 Å². The number of nitrogens with zero attached hydrogens (tertiary/aromatic N) is 1. The van der Waals surface area contributed by atoms with E-state index < -0.39 is 0 Å². The molecule has 0 bridgehead atoms. The molecule has 118 valence electrons. The standard InChI is InChI=1S/C15H25N3O2S/c19-14(9-13-10-21-8-5-16-13)17-12-3-6-18(7-4-12)15(20)11-1-2-11/h11-13,16H,1-10H2,(H,17,19). The highest BCUT2D eigenvalue weighted by Crippen LogP contribution is 2.31. The van der Waals surface area contributed by atoms with E-state index >= 15 is 0 Å². The third kappa shape index (κ3) is 4.36. The second-order valence-electron chi connectivity index (χ2n) is 6.37. The molecule has 0 radical (unpaired) electrons. The van der Waals surface area contributed by atoms with Crippen LogP contribution in [0.3, 0.4) is 0 Å². The molecule has 6 heteroatoms. The van der Waals surface area contributed by atoms with Gasteiger partial charge in [0.1, 0.15) is 0 Å². The molecule has 2 saturated heterocycles. The quantitative estimate of drug-likeness (QED) is 0.798. The summed E-state index contributed by atoms with van der Waals surface area (Å²) >= 11 is 1.92. The zero-order valence-corrected chi connectivity index (χ0v) is 13.3. The zero-order chi connectivity index (χ0) is 14.7. The number of nitrogens with one attached hydrogen (secondary N) is 2. The fourth-order valence-electron chi connectivity index (χ4n) is 3.09. The number of amides is 2. The van der Waals surface area contributed by atoms with Gasteiger partial charge in [0.2, 0.25) is 11.8 Å². The largest absolute Gasteiger partial charge is 0.353 e. The normalized spacial score (nSPS) is 27.4. The molecule has 3 aliphatic rings. The van der Waals surface area contributed by atoms with E-state index in [0.29, 0.717) is 24.3 Å². The third-order valence-corrected chi connectivity index (χ3v) is 5.66. The number of hydrogen-bond acceptors (Lipinski definition) is 4. The van der Waals surface area contributed by atoms with Gasteiger partial charge in [-0.25, -0.2) is 0 Å². The Bertz CT molecular complexity index is 386. The maximum absolute atomic E-state index is 12.1. The molecule has 1 aliphatic carbocycles. The van der Waals surface area contributed by atoms with Crippen LogP contribution in [0, 0.1) is 5.92 Å². The van der Waals surface area contributed by atoms with Crippen LogP contribution in [-0.2, 0) is 9.59 Å². The highest BCUT2D eigenvalue weighted by atomic mass is 32.2. The number of carbonyl (C=O) groups is 2. The second-order valence-corrected chi connectivity index (χ2v) is 7.52. The monoisotopic (exact) mass is 311 g/mol. The first-order chi connectivity index (χ1) is 10.2. The van der Waals surface area contributed by atoms with E-state index in [1.165, 1.54) is 0 Å². The molecule has 0 aromatic heterocycles. The maximum atomic E-state index is 12.1. The molecule has 21 heavy (non-hydrogen) atoms. The van der Waals surface area contributed by atoms with Crippen molar-refractivity contribution >= 4 is 23.6 Å². The first kappa shape index (κ1) is 15.2. The van der Waals surface area contributed by atoms with Crippen LogP contribution in [0.5, 0.6) is 0 Å². The molecule has 5 nitrogen and oxygen atoms in total. The van der Waals surface area contributed by atoms with E-state index in [0.717, 1.165) is 56.8 Å². The molecular formula is C15H25N3O2S. The first-order valence-electron chi connectivity index (χ1n) is 8.11. The molecule has 0 spiro atoms. The Hall–Kier alpha value is -0.750. The van der Waals surface area contributed by atoms with Gasteiger partial charge in [0.15, 0.2) is 0 Å².